The number of aromatic nitrogens is 2. The van der Waals surface area contributed by atoms with Crippen molar-refractivity contribution >= 4 is 0 Å². The molecular weight excluding hydrogens is 320 g/mol. The molecule has 0 bridgehead atoms. The summed E-state index contributed by atoms with van der Waals surface area (Å²) in [5.74, 6) is 1.05. The van der Waals surface area contributed by atoms with Crippen LogP contribution in [0.4, 0.5) is 0 Å². The van der Waals surface area contributed by atoms with Gasteiger partial charge in [0, 0.05) is 25.9 Å². The Kier molecular flexibility index (Phi) is 5.43. The molecule has 2 heterocycles. The summed E-state index contributed by atoms with van der Waals surface area (Å²) in [6.07, 6.45) is 1.43. The number of hydrogen-bond acceptors (Lipinski definition) is 7. The van der Waals surface area contributed by atoms with Crippen LogP contribution in [0.1, 0.15) is 48.7 Å². The van der Waals surface area contributed by atoms with Crippen molar-refractivity contribution in [2.75, 3.05) is 20.3 Å². The fourth-order valence-corrected chi connectivity index (χ4v) is 3.03. The highest BCUT2D eigenvalue weighted by Gasteiger charge is 2.34. The topological polar surface area (TPSA) is 93.2 Å². The first-order chi connectivity index (χ1) is 12.2. The van der Waals surface area contributed by atoms with Crippen LogP contribution in [0.25, 0.3) is 0 Å². The maximum atomic E-state index is 9.19. The van der Waals surface area contributed by atoms with Gasteiger partial charge in [0.2, 0.25) is 5.89 Å². The van der Waals surface area contributed by atoms with E-state index in [9.17, 15) is 5.26 Å². The Hall–Kier alpha value is -2.27. The average molecular weight is 342 g/mol. The first kappa shape index (κ1) is 17.5. The number of nitriles is 1. The van der Waals surface area contributed by atoms with Gasteiger partial charge in [-0.15, -0.1) is 0 Å². The van der Waals surface area contributed by atoms with E-state index in [0.29, 0.717) is 37.0 Å². The third-order valence-corrected chi connectivity index (χ3v) is 4.67. The Labute approximate surface area is 146 Å². The van der Waals surface area contributed by atoms with E-state index in [-0.39, 0.29) is 11.6 Å². The summed E-state index contributed by atoms with van der Waals surface area (Å²) in [5, 5.41) is 16.7. The van der Waals surface area contributed by atoms with E-state index < -0.39 is 0 Å². The molecule has 1 atom stereocenters. The Morgan fingerprint density at radius 1 is 1.40 bits per heavy atom. The van der Waals surface area contributed by atoms with Crippen LogP contribution in [0.2, 0.25) is 0 Å². The van der Waals surface area contributed by atoms with E-state index in [1.807, 2.05) is 31.2 Å². The van der Waals surface area contributed by atoms with Crippen molar-refractivity contribution in [1.82, 2.24) is 15.5 Å². The second-order valence-electron chi connectivity index (χ2n) is 6.16. The lowest BCUT2D eigenvalue weighted by Crippen LogP contribution is -2.46. The Balaban J connectivity index is 1.79. The third-order valence-electron chi connectivity index (χ3n) is 4.67. The highest BCUT2D eigenvalue weighted by molar-refractivity contribution is 5.36. The van der Waals surface area contributed by atoms with Crippen molar-refractivity contribution < 1.29 is 14.0 Å². The first-order valence-corrected chi connectivity index (χ1v) is 8.35. The predicted molar refractivity (Wildman–Crippen MR) is 89.4 cm³/mol. The van der Waals surface area contributed by atoms with Crippen LogP contribution < -0.4 is 5.32 Å². The summed E-state index contributed by atoms with van der Waals surface area (Å²) in [7, 11) is 1.61. The highest BCUT2D eigenvalue weighted by atomic mass is 16.5. The van der Waals surface area contributed by atoms with Crippen LogP contribution in [0.5, 0.6) is 0 Å². The highest BCUT2D eigenvalue weighted by Crippen LogP contribution is 2.33. The molecule has 7 heteroatoms. The Bertz CT molecular complexity index is 747. The van der Waals surface area contributed by atoms with Gasteiger partial charge in [-0.25, -0.2) is 0 Å². The lowest BCUT2D eigenvalue weighted by molar-refractivity contribution is 0.0346. The Morgan fingerprint density at radius 3 is 2.92 bits per heavy atom. The molecule has 0 amide bonds. The zero-order valence-corrected chi connectivity index (χ0v) is 14.5. The standard InChI is InChI=1S/C18H22N4O3/c1-13(23-2)17-21-16(25-22-17)12-20-18(6-8-24-9-7-18)15-5-3-4-14(10-15)11-19/h3-5,10,13,20H,6-9,12H2,1-2H3. The third kappa shape index (κ3) is 3.87. The van der Waals surface area contributed by atoms with Crippen LogP contribution in [0.3, 0.4) is 0 Å². The van der Waals surface area contributed by atoms with Gasteiger partial charge < -0.3 is 14.0 Å². The Morgan fingerprint density at radius 2 is 2.20 bits per heavy atom. The largest absolute Gasteiger partial charge is 0.381 e. The van der Waals surface area contributed by atoms with Crippen LogP contribution in [-0.2, 0) is 21.6 Å². The van der Waals surface area contributed by atoms with Gasteiger partial charge in [0.25, 0.3) is 0 Å². The van der Waals surface area contributed by atoms with Crippen LogP contribution in [0.15, 0.2) is 28.8 Å². The van der Waals surface area contributed by atoms with Crippen LogP contribution >= 0.6 is 0 Å². The van der Waals surface area contributed by atoms with E-state index >= 15 is 0 Å². The maximum Gasteiger partial charge on any atom is 0.240 e. The van der Waals surface area contributed by atoms with Crippen LogP contribution in [-0.4, -0.2) is 30.5 Å². The minimum Gasteiger partial charge on any atom is -0.381 e. The van der Waals surface area contributed by atoms with Crippen molar-refractivity contribution in [1.29, 1.82) is 5.26 Å². The molecule has 2 aromatic rings. The van der Waals surface area contributed by atoms with Crippen LogP contribution in [0, 0.1) is 11.3 Å². The van der Waals surface area contributed by atoms with E-state index in [0.717, 1.165) is 18.4 Å². The number of rotatable bonds is 6. The monoisotopic (exact) mass is 342 g/mol. The number of nitrogens with one attached hydrogen (secondary N) is 1. The van der Waals surface area contributed by atoms with E-state index in [1.165, 1.54) is 0 Å². The minimum absolute atomic E-state index is 0.207. The summed E-state index contributed by atoms with van der Waals surface area (Å²) in [6, 6.07) is 9.91. The van der Waals surface area contributed by atoms with Gasteiger partial charge in [0.05, 0.1) is 18.2 Å². The molecule has 132 valence electrons. The van der Waals surface area contributed by atoms with Gasteiger partial charge in [-0.3, -0.25) is 5.32 Å². The normalized spacial score (nSPS) is 17.8. The molecule has 0 spiro atoms. The second-order valence-corrected chi connectivity index (χ2v) is 6.16. The summed E-state index contributed by atoms with van der Waals surface area (Å²) >= 11 is 0. The molecule has 3 rings (SSSR count). The quantitative estimate of drug-likeness (QED) is 0.861. The van der Waals surface area contributed by atoms with Gasteiger partial charge in [-0.2, -0.15) is 10.2 Å². The summed E-state index contributed by atoms with van der Waals surface area (Å²) in [4.78, 5) is 4.38. The van der Waals surface area contributed by atoms with Gasteiger partial charge in [-0.05, 0) is 37.5 Å². The fourth-order valence-electron chi connectivity index (χ4n) is 3.03. The fraction of sp³-hybridized carbons (Fsp3) is 0.500. The number of ether oxygens (including phenoxy) is 2. The zero-order chi connectivity index (χ0) is 17.7. The first-order valence-electron chi connectivity index (χ1n) is 8.35. The summed E-state index contributed by atoms with van der Waals surface area (Å²) < 4.78 is 16.1. The van der Waals surface area contributed by atoms with Crippen molar-refractivity contribution in [2.45, 2.75) is 38.0 Å². The molecule has 0 radical (unpaired) electrons. The summed E-state index contributed by atoms with van der Waals surface area (Å²) in [5.41, 5.74) is 1.46. The van der Waals surface area contributed by atoms with Gasteiger partial charge in [0.1, 0.15) is 6.10 Å². The average Bonchev–Trinajstić information content (AvgIpc) is 3.15. The predicted octanol–water partition coefficient (Wildman–Crippen LogP) is 2.44. The van der Waals surface area contributed by atoms with E-state index in [2.05, 4.69) is 21.5 Å². The zero-order valence-electron chi connectivity index (χ0n) is 14.5. The molecule has 7 nitrogen and oxygen atoms in total. The SMILES string of the molecule is COC(C)c1noc(CNC2(c3cccc(C#N)c3)CCOCC2)n1. The molecule has 1 aromatic heterocycles. The number of hydrogen-bond donors (Lipinski definition) is 1. The molecule has 1 aliphatic rings. The molecule has 1 fully saturated rings. The number of nitrogens with zero attached hydrogens (tertiary/aromatic N) is 3. The molecule has 1 aliphatic heterocycles. The minimum atomic E-state index is -0.271. The van der Waals surface area contributed by atoms with Gasteiger partial charge >= 0.3 is 0 Å². The van der Waals surface area contributed by atoms with E-state index in [4.69, 9.17) is 14.0 Å². The van der Waals surface area contributed by atoms with Crippen molar-refractivity contribution in [3.8, 4) is 6.07 Å². The van der Waals surface area contributed by atoms with Gasteiger partial charge in [-0.1, -0.05) is 17.3 Å². The smallest absolute Gasteiger partial charge is 0.240 e. The maximum absolute atomic E-state index is 9.19. The second kappa shape index (κ2) is 7.74. The molecule has 1 unspecified atom stereocenters. The van der Waals surface area contributed by atoms with Gasteiger partial charge in [0.15, 0.2) is 5.82 Å². The molecule has 0 aliphatic carbocycles. The lowest BCUT2D eigenvalue weighted by atomic mass is 9.82. The van der Waals surface area contributed by atoms with Crippen molar-refractivity contribution in [3.63, 3.8) is 0 Å². The lowest BCUT2D eigenvalue weighted by Gasteiger charge is -2.38. The molecule has 1 aromatic carbocycles. The molecule has 1 saturated heterocycles. The van der Waals surface area contributed by atoms with Crippen molar-refractivity contribution in [2.24, 2.45) is 0 Å². The van der Waals surface area contributed by atoms with E-state index in [1.54, 1.807) is 7.11 Å². The number of methoxy groups -OCH3 is 1. The molecule has 0 saturated carbocycles. The van der Waals surface area contributed by atoms with Crippen molar-refractivity contribution in [3.05, 3.63) is 47.1 Å². The number of benzene rings is 1. The molecule has 1 N–H and O–H groups in total. The molecule has 25 heavy (non-hydrogen) atoms. The molecular formula is C18H22N4O3. The summed E-state index contributed by atoms with van der Waals surface area (Å²) in [6.45, 7) is 3.65.